The van der Waals surface area contributed by atoms with Gasteiger partial charge < -0.3 is 50.5 Å². The molecule has 0 aromatic carbocycles. The Morgan fingerprint density at radius 3 is 2.31 bits per heavy atom. The van der Waals surface area contributed by atoms with E-state index in [0.717, 1.165) is 10.8 Å². The quantitative estimate of drug-likeness (QED) is 0.146. The largest absolute Gasteiger partial charge is 0.483 e. The van der Waals surface area contributed by atoms with Gasteiger partial charge in [-0.1, -0.05) is 0 Å². The summed E-state index contributed by atoms with van der Waals surface area (Å²) in [5.41, 5.74) is 4.46. The van der Waals surface area contributed by atoms with Gasteiger partial charge in [0.2, 0.25) is 0 Å². The van der Waals surface area contributed by atoms with Gasteiger partial charge in [0.1, 0.15) is 42.4 Å². The minimum Gasteiger partial charge on any atom is -0.388 e. The van der Waals surface area contributed by atoms with Crippen molar-refractivity contribution < 1.29 is 67.3 Å². The maximum atomic E-state index is 12.1. The first kappa shape index (κ1) is 28.2. The van der Waals surface area contributed by atoms with Gasteiger partial charge in [-0.2, -0.15) is 9.29 Å². The van der Waals surface area contributed by atoms with Crippen molar-refractivity contribution in [3.05, 3.63) is 22.7 Å². The van der Waals surface area contributed by atoms with Gasteiger partial charge >= 0.3 is 21.3 Å². The van der Waals surface area contributed by atoms with Gasteiger partial charge in [-0.25, -0.2) is 13.9 Å². The SMILES string of the molecule is C[C@H]1O[C@H](OP(=O)(O)OP(=O)(O)OC[C@H]2O[C@@H](n3ccc(N)nc3=O)[C@H](O)[C@@H]2O)[C@H](O)[C@H](O)[C@H]1O. The van der Waals surface area contributed by atoms with Crippen LogP contribution in [0.3, 0.4) is 0 Å². The summed E-state index contributed by atoms with van der Waals surface area (Å²) in [6.45, 7) is 0.284. The fourth-order valence-electron chi connectivity index (χ4n) is 3.29. The molecule has 0 spiro atoms. The van der Waals surface area contributed by atoms with Gasteiger partial charge in [0.15, 0.2) is 12.5 Å². The lowest BCUT2D eigenvalue weighted by Crippen LogP contribution is -2.57. The summed E-state index contributed by atoms with van der Waals surface area (Å²) in [6.07, 6.45) is -13.9. The van der Waals surface area contributed by atoms with E-state index < -0.39 is 83.2 Å². The summed E-state index contributed by atoms with van der Waals surface area (Å²) in [6, 6.07) is 1.22. The van der Waals surface area contributed by atoms with Crippen molar-refractivity contribution in [3.63, 3.8) is 0 Å². The summed E-state index contributed by atoms with van der Waals surface area (Å²) in [4.78, 5) is 34.9. The zero-order valence-electron chi connectivity index (χ0n) is 17.8. The third-order valence-electron chi connectivity index (χ3n) is 5.12. The van der Waals surface area contributed by atoms with Gasteiger partial charge in [-0.3, -0.25) is 13.6 Å². The summed E-state index contributed by atoms with van der Waals surface area (Å²) in [5.74, 6) is -0.112. The molecular weight excluding hydrogens is 524 g/mol. The van der Waals surface area contributed by atoms with E-state index in [0.29, 0.717) is 0 Å². The number of aliphatic hydroxyl groups excluding tert-OH is 5. The number of ether oxygens (including phenoxy) is 2. The van der Waals surface area contributed by atoms with Crippen LogP contribution in [0.4, 0.5) is 5.82 Å². The Balaban J connectivity index is 1.60. The van der Waals surface area contributed by atoms with E-state index in [1.807, 2.05) is 0 Å². The number of aliphatic hydroxyl groups is 5. The standard InChI is InChI=1S/C15H25N3O15P2/c1-5-8(19)10(21)12(23)14(30-5)32-35(27,28)33-34(25,26)29-4-6-9(20)11(22)13(31-6)18-3-2-7(16)17-15(18)24/h2-3,5-6,8-14,19-23H,4H2,1H3,(H,25,26)(H,27,28)(H2,16,17,24)/t5-,6-,8+,9-,10-,11-,12-,13-,14-/m1/s1. The summed E-state index contributed by atoms with van der Waals surface area (Å²) in [5, 5.41) is 49.5. The van der Waals surface area contributed by atoms with Gasteiger partial charge in [-0.15, -0.1) is 0 Å². The fourth-order valence-corrected chi connectivity index (χ4v) is 5.45. The van der Waals surface area contributed by atoms with E-state index in [-0.39, 0.29) is 5.82 Å². The number of phosphoric acid groups is 2. The highest BCUT2D eigenvalue weighted by Gasteiger charge is 2.49. The molecule has 0 radical (unpaired) electrons. The molecule has 0 aliphatic carbocycles. The van der Waals surface area contributed by atoms with Crippen LogP contribution in [0, 0.1) is 0 Å². The van der Waals surface area contributed by atoms with Gasteiger partial charge in [0, 0.05) is 6.20 Å². The van der Waals surface area contributed by atoms with Crippen molar-refractivity contribution in [2.45, 2.75) is 62.2 Å². The Kier molecular flexibility index (Phi) is 8.52. The minimum atomic E-state index is -5.49. The molecule has 20 heteroatoms. The molecule has 9 N–H and O–H groups in total. The molecule has 35 heavy (non-hydrogen) atoms. The van der Waals surface area contributed by atoms with Gasteiger partial charge in [0.05, 0.1) is 12.7 Å². The predicted octanol–water partition coefficient (Wildman–Crippen LogP) is -3.48. The van der Waals surface area contributed by atoms with Crippen molar-refractivity contribution in [2.24, 2.45) is 0 Å². The van der Waals surface area contributed by atoms with E-state index in [1.165, 1.54) is 13.0 Å². The maximum absolute atomic E-state index is 12.1. The predicted molar refractivity (Wildman–Crippen MR) is 109 cm³/mol. The Morgan fingerprint density at radius 2 is 1.69 bits per heavy atom. The van der Waals surface area contributed by atoms with Crippen LogP contribution in [-0.2, 0) is 32.0 Å². The third-order valence-corrected chi connectivity index (χ3v) is 7.72. The van der Waals surface area contributed by atoms with E-state index in [9.17, 15) is 49.2 Å². The molecule has 0 saturated carbocycles. The number of hydrogen-bond acceptors (Lipinski definition) is 15. The molecule has 2 aliphatic heterocycles. The fraction of sp³-hybridized carbons (Fsp3) is 0.733. The number of hydrogen-bond donors (Lipinski definition) is 8. The highest BCUT2D eigenvalue weighted by molar-refractivity contribution is 7.61. The Bertz CT molecular complexity index is 1060. The zero-order chi connectivity index (χ0) is 26.3. The highest BCUT2D eigenvalue weighted by Crippen LogP contribution is 2.61. The number of nitrogens with two attached hydrogens (primary N) is 1. The normalized spacial score (nSPS) is 39.1. The van der Waals surface area contributed by atoms with Crippen molar-refractivity contribution >= 4 is 21.5 Å². The molecule has 2 saturated heterocycles. The van der Waals surface area contributed by atoms with E-state index >= 15 is 0 Å². The van der Waals surface area contributed by atoms with Crippen molar-refractivity contribution in [1.82, 2.24) is 9.55 Å². The van der Waals surface area contributed by atoms with Crippen LogP contribution < -0.4 is 11.4 Å². The average molecular weight is 549 g/mol. The Hall–Kier alpha value is -1.34. The zero-order valence-corrected chi connectivity index (χ0v) is 19.6. The van der Waals surface area contributed by atoms with Gasteiger partial charge in [-0.05, 0) is 13.0 Å². The van der Waals surface area contributed by atoms with Crippen molar-refractivity contribution in [3.8, 4) is 0 Å². The molecule has 18 nitrogen and oxygen atoms in total. The molecule has 11 atom stereocenters. The van der Waals surface area contributed by atoms with E-state index in [2.05, 4.69) is 18.3 Å². The number of nitrogens with zero attached hydrogens (tertiary/aromatic N) is 2. The number of phosphoric ester groups is 2. The molecule has 1 aromatic rings. The molecule has 2 fully saturated rings. The molecule has 3 rings (SSSR count). The maximum Gasteiger partial charge on any atom is 0.483 e. The lowest BCUT2D eigenvalue weighted by atomic mass is 10.0. The van der Waals surface area contributed by atoms with Crippen LogP contribution >= 0.6 is 15.6 Å². The van der Waals surface area contributed by atoms with E-state index in [4.69, 9.17) is 15.2 Å². The van der Waals surface area contributed by atoms with Gasteiger partial charge in [0.25, 0.3) is 0 Å². The first-order valence-corrected chi connectivity index (χ1v) is 12.9. The van der Waals surface area contributed by atoms with Crippen LogP contribution in [0.25, 0.3) is 0 Å². The van der Waals surface area contributed by atoms with E-state index in [1.54, 1.807) is 0 Å². The molecule has 1 aromatic heterocycles. The molecular formula is C15H25N3O15P2. The highest BCUT2D eigenvalue weighted by atomic mass is 31.3. The smallest absolute Gasteiger partial charge is 0.388 e. The molecule has 2 aliphatic rings. The monoisotopic (exact) mass is 549 g/mol. The first-order valence-electron chi connectivity index (χ1n) is 9.87. The number of aromatic nitrogens is 2. The molecule has 3 heterocycles. The number of anilines is 1. The molecule has 0 bridgehead atoms. The first-order chi connectivity index (χ1) is 16.1. The molecule has 0 amide bonds. The summed E-state index contributed by atoms with van der Waals surface area (Å²) >= 11 is 0. The topological polar surface area (TPSA) is 283 Å². The third kappa shape index (κ3) is 6.51. The molecule has 200 valence electrons. The second kappa shape index (κ2) is 10.6. The second-order valence-electron chi connectivity index (χ2n) is 7.69. The van der Waals surface area contributed by atoms with Crippen LogP contribution in [0.5, 0.6) is 0 Å². The van der Waals surface area contributed by atoms with Crippen LogP contribution in [0.15, 0.2) is 17.1 Å². The van der Waals surface area contributed by atoms with Crippen molar-refractivity contribution in [1.29, 1.82) is 0 Å². The minimum absolute atomic E-state index is 0.112. The number of nitrogen functional groups attached to an aromatic ring is 1. The lowest BCUT2D eigenvalue weighted by Gasteiger charge is -2.38. The average Bonchev–Trinajstić information content (AvgIpc) is 3.02. The van der Waals surface area contributed by atoms with Crippen LogP contribution in [0.1, 0.15) is 13.2 Å². The summed E-state index contributed by atoms with van der Waals surface area (Å²) < 4.78 is 48.4. The second-order valence-corrected chi connectivity index (χ2v) is 10.7. The Labute approximate surface area is 196 Å². The Morgan fingerprint density at radius 1 is 1.03 bits per heavy atom. The van der Waals surface area contributed by atoms with Crippen molar-refractivity contribution in [2.75, 3.05) is 12.3 Å². The van der Waals surface area contributed by atoms with Crippen LogP contribution in [0.2, 0.25) is 0 Å². The summed E-state index contributed by atoms with van der Waals surface area (Å²) in [7, 11) is -10.9. The lowest BCUT2D eigenvalue weighted by molar-refractivity contribution is -0.271. The number of rotatable bonds is 8. The molecule has 2 unspecified atom stereocenters. The van der Waals surface area contributed by atoms with Crippen LogP contribution in [-0.4, -0.2) is 100 Å².